The minimum absolute atomic E-state index is 0.0199. The summed E-state index contributed by atoms with van der Waals surface area (Å²) in [5.41, 5.74) is 0.252. The molecule has 1 aliphatic carbocycles. The van der Waals surface area contributed by atoms with Gasteiger partial charge in [-0.05, 0) is 24.3 Å². The SMILES string of the molecule is CC1CCCC(CO)(NC(C(=O)O)c2ccccc2)C1. The van der Waals surface area contributed by atoms with E-state index in [2.05, 4.69) is 12.2 Å². The number of aliphatic hydroxyl groups is 1. The van der Waals surface area contributed by atoms with Gasteiger partial charge in [0.2, 0.25) is 0 Å². The zero-order valence-electron chi connectivity index (χ0n) is 11.9. The molecule has 2 rings (SSSR count). The fourth-order valence-corrected chi connectivity index (χ4v) is 3.22. The van der Waals surface area contributed by atoms with Gasteiger partial charge in [-0.1, -0.05) is 50.1 Å². The van der Waals surface area contributed by atoms with Gasteiger partial charge in [-0.3, -0.25) is 10.1 Å². The van der Waals surface area contributed by atoms with Crippen LogP contribution in [0.2, 0.25) is 0 Å². The number of carbonyl (C=O) groups is 1. The van der Waals surface area contributed by atoms with Gasteiger partial charge in [0.15, 0.2) is 0 Å². The topological polar surface area (TPSA) is 69.6 Å². The Labute approximate surface area is 119 Å². The second kappa shape index (κ2) is 6.37. The van der Waals surface area contributed by atoms with Crippen LogP contribution in [-0.4, -0.2) is 28.3 Å². The third kappa shape index (κ3) is 3.38. The number of hydrogen-bond acceptors (Lipinski definition) is 3. The summed E-state index contributed by atoms with van der Waals surface area (Å²) in [6, 6.07) is 8.39. The lowest BCUT2D eigenvalue weighted by Crippen LogP contribution is -2.54. The van der Waals surface area contributed by atoms with E-state index < -0.39 is 17.6 Å². The molecule has 4 heteroatoms. The molecule has 1 aromatic carbocycles. The second-order valence-electron chi connectivity index (χ2n) is 5.97. The summed E-state index contributed by atoms with van der Waals surface area (Å²) in [6.45, 7) is 2.14. The first-order chi connectivity index (χ1) is 9.56. The molecule has 1 aromatic rings. The third-order valence-electron chi connectivity index (χ3n) is 4.22. The Morgan fingerprint density at radius 2 is 2.15 bits per heavy atom. The zero-order chi connectivity index (χ0) is 14.6. The molecule has 1 fully saturated rings. The Morgan fingerprint density at radius 3 is 2.70 bits per heavy atom. The van der Waals surface area contributed by atoms with E-state index in [1.807, 2.05) is 30.3 Å². The van der Waals surface area contributed by atoms with Crippen molar-refractivity contribution in [3.63, 3.8) is 0 Å². The summed E-state index contributed by atoms with van der Waals surface area (Å²) in [6.07, 6.45) is 3.81. The number of carboxylic acids is 1. The molecular formula is C16H23NO3. The van der Waals surface area contributed by atoms with Gasteiger partial charge in [0, 0.05) is 5.54 Å². The molecule has 0 spiro atoms. The molecule has 0 amide bonds. The van der Waals surface area contributed by atoms with Crippen molar-refractivity contribution in [2.24, 2.45) is 5.92 Å². The number of carboxylic acid groups (broad SMARTS) is 1. The number of aliphatic hydroxyl groups excluding tert-OH is 1. The van der Waals surface area contributed by atoms with Crippen molar-refractivity contribution in [2.45, 2.75) is 44.2 Å². The first kappa shape index (κ1) is 15.0. The highest BCUT2D eigenvalue weighted by Crippen LogP contribution is 2.34. The maximum absolute atomic E-state index is 11.6. The predicted molar refractivity (Wildman–Crippen MR) is 77.4 cm³/mol. The van der Waals surface area contributed by atoms with E-state index >= 15 is 0 Å². The molecule has 0 bridgehead atoms. The molecule has 110 valence electrons. The number of hydrogen-bond donors (Lipinski definition) is 3. The molecule has 0 aliphatic heterocycles. The van der Waals surface area contributed by atoms with Crippen LogP contribution >= 0.6 is 0 Å². The molecule has 0 heterocycles. The van der Waals surface area contributed by atoms with Crippen molar-refractivity contribution in [2.75, 3.05) is 6.61 Å². The standard InChI is InChI=1S/C16H23NO3/c1-12-6-5-9-16(10-12,11-18)17-14(15(19)20)13-7-3-2-4-8-13/h2-4,7-8,12,14,17-18H,5-6,9-11H2,1H3,(H,19,20). The maximum Gasteiger partial charge on any atom is 0.325 e. The molecule has 20 heavy (non-hydrogen) atoms. The summed E-state index contributed by atoms with van der Waals surface area (Å²) in [4.78, 5) is 11.6. The van der Waals surface area contributed by atoms with Crippen molar-refractivity contribution >= 4 is 5.97 Å². The summed E-state index contributed by atoms with van der Waals surface area (Å²) in [5, 5.41) is 22.5. The fourth-order valence-electron chi connectivity index (χ4n) is 3.22. The summed E-state index contributed by atoms with van der Waals surface area (Å²) in [5.74, 6) is -0.393. The van der Waals surface area contributed by atoms with E-state index in [1.54, 1.807) is 0 Å². The zero-order valence-corrected chi connectivity index (χ0v) is 11.9. The van der Waals surface area contributed by atoms with Crippen LogP contribution in [0, 0.1) is 5.92 Å². The van der Waals surface area contributed by atoms with E-state index in [4.69, 9.17) is 0 Å². The Bertz CT molecular complexity index is 448. The number of rotatable bonds is 5. The Kier molecular flexibility index (Phi) is 4.78. The van der Waals surface area contributed by atoms with Crippen LogP contribution in [0.4, 0.5) is 0 Å². The van der Waals surface area contributed by atoms with Crippen LogP contribution in [0.1, 0.15) is 44.2 Å². The minimum atomic E-state index is -0.901. The monoisotopic (exact) mass is 277 g/mol. The normalized spacial score (nSPS) is 28.0. The lowest BCUT2D eigenvalue weighted by atomic mass is 9.76. The minimum Gasteiger partial charge on any atom is -0.480 e. The van der Waals surface area contributed by atoms with Crippen LogP contribution in [-0.2, 0) is 4.79 Å². The highest BCUT2D eigenvalue weighted by Gasteiger charge is 2.38. The summed E-state index contributed by atoms with van der Waals surface area (Å²) < 4.78 is 0. The Hall–Kier alpha value is -1.39. The molecule has 1 aliphatic rings. The van der Waals surface area contributed by atoms with Gasteiger partial charge in [-0.25, -0.2) is 0 Å². The van der Waals surface area contributed by atoms with Crippen LogP contribution in [0.5, 0.6) is 0 Å². The van der Waals surface area contributed by atoms with Gasteiger partial charge in [0.25, 0.3) is 0 Å². The Balaban J connectivity index is 2.20. The lowest BCUT2D eigenvalue weighted by molar-refractivity contribution is -0.140. The van der Waals surface area contributed by atoms with Gasteiger partial charge in [0.1, 0.15) is 6.04 Å². The lowest BCUT2D eigenvalue weighted by Gasteiger charge is -2.41. The van der Waals surface area contributed by atoms with Crippen LogP contribution < -0.4 is 5.32 Å². The van der Waals surface area contributed by atoms with E-state index in [0.29, 0.717) is 5.92 Å². The molecule has 3 unspecified atom stereocenters. The van der Waals surface area contributed by atoms with Crippen LogP contribution in [0.15, 0.2) is 30.3 Å². The van der Waals surface area contributed by atoms with Crippen molar-refractivity contribution in [1.29, 1.82) is 0 Å². The molecule has 3 N–H and O–H groups in total. The third-order valence-corrected chi connectivity index (χ3v) is 4.22. The second-order valence-corrected chi connectivity index (χ2v) is 5.97. The van der Waals surface area contributed by atoms with E-state index in [-0.39, 0.29) is 6.61 Å². The smallest absolute Gasteiger partial charge is 0.325 e. The molecular weight excluding hydrogens is 254 g/mol. The average molecular weight is 277 g/mol. The molecule has 1 saturated carbocycles. The fraction of sp³-hybridized carbons (Fsp3) is 0.562. The Morgan fingerprint density at radius 1 is 1.45 bits per heavy atom. The number of aliphatic carboxylic acids is 1. The number of benzene rings is 1. The van der Waals surface area contributed by atoms with Crippen molar-refractivity contribution in [3.8, 4) is 0 Å². The van der Waals surface area contributed by atoms with Crippen LogP contribution in [0.25, 0.3) is 0 Å². The summed E-state index contributed by atoms with van der Waals surface area (Å²) >= 11 is 0. The molecule has 0 saturated heterocycles. The van der Waals surface area contributed by atoms with Crippen molar-refractivity contribution in [3.05, 3.63) is 35.9 Å². The highest BCUT2D eigenvalue weighted by molar-refractivity contribution is 5.75. The molecule has 0 aromatic heterocycles. The van der Waals surface area contributed by atoms with E-state index in [0.717, 1.165) is 31.2 Å². The van der Waals surface area contributed by atoms with Crippen LogP contribution in [0.3, 0.4) is 0 Å². The highest BCUT2D eigenvalue weighted by atomic mass is 16.4. The number of nitrogens with one attached hydrogen (secondary N) is 1. The van der Waals surface area contributed by atoms with E-state index in [9.17, 15) is 15.0 Å². The van der Waals surface area contributed by atoms with Gasteiger partial charge in [-0.15, -0.1) is 0 Å². The summed E-state index contributed by atoms with van der Waals surface area (Å²) in [7, 11) is 0. The molecule has 3 atom stereocenters. The van der Waals surface area contributed by atoms with Gasteiger partial charge in [0.05, 0.1) is 6.61 Å². The first-order valence-corrected chi connectivity index (χ1v) is 7.23. The molecule has 4 nitrogen and oxygen atoms in total. The predicted octanol–water partition coefficient (Wildman–Crippen LogP) is 2.34. The van der Waals surface area contributed by atoms with Gasteiger partial charge in [-0.2, -0.15) is 0 Å². The first-order valence-electron chi connectivity index (χ1n) is 7.23. The van der Waals surface area contributed by atoms with Gasteiger partial charge < -0.3 is 10.2 Å². The van der Waals surface area contributed by atoms with E-state index in [1.165, 1.54) is 0 Å². The molecule has 0 radical (unpaired) electrons. The maximum atomic E-state index is 11.6. The average Bonchev–Trinajstić information content (AvgIpc) is 2.45. The van der Waals surface area contributed by atoms with Crippen molar-refractivity contribution < 1.29 is 15.0 Å². The van der Waals surface area contributed by atoms with Gasteiger partial charge >= 0.3 is 5.97 Å². The quantitative estimate of drug-likeness (QED) is 0.772. The van der Waals surface area contributed by atoms with Crippen molar-refractivity contribution in [1.82, 2.24) is 5.32 Å². The largest absolute Gasteiger partial charge is 0.480 e.